The maximum absolute atomic E-state index is 13.2. The Hall–Kier alpha value is -1.95. The second-order valence-electron chi connectivity index (χ2n) is 4.34. The molecule has 0 aliphatic rings. The fourth-order valence-corrected chi connectivity index (χ4v) is 2.19. The number of non-ortho nitro benzene ring substituents is 1. The molecule has 1 atom stereocenters. The number of nitro benzene ring substituents is 1. The van der Waals surface area contributed by atoms with E-state index in [1.165, 1.54) is 24.3 Å². The van der Waals surface area contributed by atoms with Crippen molar-refractivity contribution in [2.75, 3.05) is 5.32 Å². The minimum atomic E-state index is -0.436. The summed E-state index contributed by atoms with van der Waals surface area (Å²) in [7, 11) is 0. The van der Waals surface area contributed by atoms with Gasteiger partial charge in [0.05, 0.1) is 10.6 Å². The Kier molecular flexibility index (Phi) is 4.34. The van der Waals surface area contributed by atoms with Gasteiger partial charge in [-0.25, -0.2) is 4.39 Å². The molecule has 0 fully saturated rings. The van der Waals surface area contributed by atoms with Crippen molar-refractivity contribution in [3.8, 4) is 0 Å². The van der Waals surface area contributed by atoms with Crippen molar-refractivity contribution in [1.29, 1.82) is 0 Å². The van der Waals surface area contributed by atoms with E-state index in [2.05, 4.69) is 21.2 Å². The largest absolute Gasteiger partial charge is 0.378 e. The lowest BCUT2D eigenvalue weighted by molar-refractivity contribution is -0.384. The number of hydrogen-bond donors (Lipinski definition) is 1. The third-order valence-corrected chi connectivity index (χ3v) is 3.57. The molecule has 0 aliphatic heterocycles. The van der Waals surface area contributed by atoms with Gasteiger partial charge < -0.3 is 5.32 Å². The Bertz CT molecular complexity index is 649. The Morgan fingerprint density at radius 3 is 2.75 bits per heavy atom. The molecule has 0 radical (unpaired) electrons. The smallest absolute Gasteiger partial charge is 0.269 e. The molecular formula is C14H12BrFN2O2. The van der Waals surface area contributed by atoms with Crippen LogP contribution < -0.4 is 5.32 Å². The number of rotatable bonds is 4. The van der Waals surface area contributed by atoms with Crippen LogP contribution in [0.2, 0.25) is 0 Å². The van der Waals surface area contributed by atoms with E-state index >= 15 is 0 Å². The lowest BCUT2D eigenvalue weighted by Crippen LogP contribution is -2.07. The minimum absolute atomic E-state index is 0.0365. The molecule has 4 nitrogen and oxygen atoms in total. The SMILES string of the molecule is CC(Nc1cc(F)ccc1Br)c1cccc([N+](=O)[O-])c1. The van der Waals surface area contributed by atoms with Crippen molar-refractivity contribution >= 4 is 27.3 Å². The van der Waals surface area contributed by atoms with E-state index in [-0.39, 0.29) is 17.5 Å². The molecule has 0 spiro atoms. The summed E-state index contributed by atoms with van der Waals surface area (Å²) < 4.78 is 14.0. The van der Waals surface area contributed by atoms with Crippen molar-refractivity contribution in [2.45, 2.75) is 13.0 Å². The molecule has 6 heteroatoms. The predicted molar refractivity (Wildman–Crippen MR) is 79.2 cm³/mol. The van der Waals surface area contributed by atoms with E-state index in [4.69, 9.17) is 0 Å². The Balaban J connectivity index is 2.23. The summed E-state index contributed by atoms with van der Waals surface area (Å²) in [5, 5.41) is 13.9. The van der Waals surface area contributed by atoms with Crippen LogP contribution in [-0.2, 0) is 0 Å². The normalized spacial score (nSPS) is 11.9. The van der Waals surface area contributed by atoms with Crippen molar-refractivity contribution in [1.82, 2.24) is 0 Å². The van der Waals surface area contributed by atoms with Crippen molar-refractivity contribution < 1.29 is 9.31 Å². The van der Waals surface area contributed by atoms with Gasteiger partial charge in [0.2, 0.25) is 0 Å². The van der Waals surface area contributed by atoms with E-state index in [1.807, 2.05) is 6.92 Å². The first-order valence-electron chi connectivity index (χ1n) is 5.93. The van der Waals surface area contributed by atoms with Gasteiger partial charge >= 0.3 is 0 Å². The average molecular weight is 339 g/mol. The molecule has 0 heterocycles. The number of nitro groups is 1. The highest BCUT2D eigenvalue weighted by molar-refractivity contribution is 9.10. The van der Waals surface area contributed by atoms with Gasteiger partial charge in [-0.2, -0.15) is 0 Å². The standard InChI is InChI=1S/C14H12BrFN2O2/c1-9(10-3-2-4-12(7-10)18(19)20)17-14-8-11(16)5-6-13(14)15/h2-9,17H,1H3. The number of hydrogen-bond acceptors (Lipinski definition) is 3. The highest BCUT2D eigenvalue weighted by Gasteiger charge is 2.12. The van der Waals surface area contributed by atoms with E-state index in [1.54, 1.807) is 18.2 Å². The molecule has 104 valence electrons. The van der Waals surface area contributed by atoms with Crippen molar-refractivity contribution in [2.24, 2.45) is 0 Å². The lowest BCUT2D eigenvalue weighted by Gasteiger charge is -2.16. The van der Waals surface area contributed by atoms with Gasteiger partial charge in [0.15, 0.2) is 0 Å². The van der Waals surface area contributed by atoms with Gasteiger partial charge in [-0.1, -0.05) is 12.1 Å². The lowest BCUT2D eigenvalue weighted by atomic mass is 10.1. The molecule has 0 bridgehead atoms. The molecular weight excluding hydrogens is 327 g/mol. The molecule has 0 aliphatic carbocycles. The first-order valence-corrected chi connectivity index (χ1v) is 6.72. The van der Waals surface area contributed by atoms with E-state index in [0.717, 1.165) is 10.0 Å². The van der Waals surface area contributed by atoms with Gasteiger partial charge in [-0.3, -0.25) is 10.1 Å². The average Bonchev–Trinajstić information content (AvgIpc) is 2.43. The molecule has 1 N–H and O–H groups in total. The van der Waals surface area contributed by atoms with Gasteiger partial charge in [-0.05, 0) is 46.6 Å². The molecule has 2 rings (SSSR count). The monoisotopic (exact) mass is 338 g/mol. The van der Waals surface area contributed by atoms with Gasteiger partial charge in [0.1, 0.15) is 5.82 Å². The summed E-state index contributed by atoms with van der Waals surface area (Å²) in [5.41, 5.74) is 1.40. The molecule has 20 heavy (non-hydrogen) atoms. The first kappa shape index (κ1) is 14.5. The minimum Gasteiger partial charge on any atom is -0.378 e. The predicted octanol–water partition coefficient (Wildman–Crippen LogP) is 4.67. The van der Waals surface area contributed by atoms with Crippen molar-refractivity contribution in [3.05, 3.63) is 68.4 Å². The topological polar surface area (TPSA) is 55.2 Å². The van der Waals surface area contributed by atoms with Crippen LogP contribution >= 0.6 is 15.9 Å². The maximum atomic E-state index is 13.2. The second kappa shape index (κ2) is 6.00. The van der Waals surface area contributed by atoms with Crippen LogP contribution in [0.25, 0.3) is 0 Å². The third-order valence-electron chi connectivity index (χ3n) is 2.88. The van der Waals surface area contributed by atoms with E-state index in [0.29, 0.717) is 5.69 Å². The fraction of sp³-hybridized carbons (Fsp3) is 0.143. The molecule has 2 aromatic carbocycles. The molecule has 0 saturated carbocycles. The summed E-state index contributed by atoms with van der Waals surface area (Å²) in [5.74, 6) is -0.345. The fourth-order valence-electron chi connectivity index (χ4n) is 1.83. The summed E-state index contributed by atoms with van der Waals surface area (Å²) in [6.45, 7) is 1.86. The molecule has 2 aromatic rings. The van der Waals surface area contributed by atoms with Crippen LogP contribution in [-0.4, -0.2) is 4.92 Å². The van der Waals surface area contributed by atoms with Gasteiger partial charge in [0.25, 0.3) is 5.69 Å². The number of benzene rings is 2. The third kappa shape index (κ3) is 3.33. The molecule has 0 saturated heterocycles. The maximum Gasteiger partial charge on any atom is 0.269 e. The Morgan fingerprint density at radius 1 is 1.30 bits per heavy atom. The first-order chi connectivity index (χ1) is 9.47. The van der Waals surface area contributed by atoms with Gasteiger partial charge in [0, 0.05) is 22.6 Å². The molecule has 1 unspecified atom stereocenters. The number of halogens is 2. The Morgan fingerprint density at radius 2 is 2.05 bits per heavy atom. The van der Waals surface area contributed by atoms with Crippen LogP contribution in [0.5, 0.6) is 0 Å². The summed E-state index contributed by atoms with van der Waals surface area (Å²) in [6.07, 6.45) is 0. The van der Waals surface area contributed by atoms with Crippen LogP contribution in [0.3, 0.4) is 0 Å². The van der Waals surface area contributed by atoms with E-state index < -0.39 is 4.92 Å². The van der Waals surface area contributed by atoms with Crippen LogP contribution in [0, 0.1) is 15.9 Å². The quantitative estimate of drug-likeness (QED) is 0.651. The zero-order valence-electron chi connectivity index (χ0n) is 10.6. The summed E-state index contributed by atoms with van der Waals surface area (Å²) in [4.78, 5) is 10.3. The second-order valence-corrected chi connectivity index (χ2v) is 5.20. The number of nitrogens with one attached hydrogen (secondary N) is 1. The van der Waals surface area contributed by atoms with Crippen LogP contribution in [0.1, 0.15) is 18.5 Å². The summed E-state index contributed by atoms with van der Waals surface area (Å²) >= 11 is 3.33. The zero-order chi connectivity index (χ0) is 14.7. The molecule has 0 aromatic heterocycles. The van der Waals surface area contributed by atoms with Crippen molar-refractivity contribution in [3.63, 3.8) is 0 Å². The highest BCUT2D eigenvalue weighted by Crippen LogP contribution is 2.28. The van der Waals surface area contributed by atoms with Crippen LogP contribution in [0.15, 0.2) is 46.9 Å². The zero-order valence-corrected chi connectivity index (χ0v) is 12.2. The highest BCUT2D eigenvalue weighted by atomic mass is 79.9. The van der Waals surface area contributed by atoms with Gasteiger partial charge in [-0.15, -0.1) is 0 Å². The Labute approximate surface area is 123 Å². The summed E-state index contributed by atoms with van der Waals surface area (Å²) in [6, 6.07) is 10.5. The van der Waals surface area contributed by atoms with E-state index in [9.17, 15) is 14.5 Å². The number of nitrogens with zero attached hydrogens (tertiary/aromatic N) is 1. The molecule has 0 amide bonds. The number of anilines is 1. The van der Waals surface area contributed by atoms with Crippen LogP contribution in [0.4, 0.5) is 15.8 Å².